The molecule has 1 aromatic heterocycles. The monoisotopic (exact) mass is 381 g/mol. The van der Waals surface area contributed by atoms with Gasteiger partial charge in [-0.2, -0.15) is 0 Å². The first-order chi connectivity index (χ1) is 10.9. The van der Waals surface area contributed by atoms with E-state index in [1.165, 1.54) is 0 Å². The number of benzene rings is 1. The van der Waals surface area contributed by atoms with Crippen molar-refractivity contribution >= 4 is 15.9 Å². The summed E-state index contributed by atoms with van der Waals surface area (Å²) in [6.45, 7) is 9.08. The lowest BCUT2D eigenvalue weighted by Gasteiger charge is -2.28. The van der Waals surface area contributed by atoms with Crippen molar-refractivity contribution in [1.29, 1.82) is 0 Å². The molecule has 0 saturated carbocycles. The topological polar surface area (TPSA) is 62.4 Å². The zero-order valence-corrected chi connectivity index (χ0v) is 15.5. The third-order valence-corrected chi connectivity index (χ3v) is 3.72. The highest BCUT2D eigenvalue weighted by Gasteiger charge is 2.19. The van der Waals surface area contributed by atoms with E-state index in [-0.39, 0.29) is 12.0 Å². The standard InChI is InChI=1S/C17H24BrN3O2/c1-17(2,3)12-21(8-5-9-22)11-15-19-20-16(23-15)13-6-4-7-14(18)10-13/h4,6-7,10,22H,5,8-9,11-12H2,1-3H3. The molecule has 0 aliphatic rings. The first-order valence-electron chi connectivity index (χ1n) is 7.79. The second kappa shape index (κ2) is 8.04. The van der Waals surface area contributed by atoms with Gasteiger partial charge in [-0.3, -0.25) is 4.90 Å². The second-order valence-electron chi connectivity index (χ2n) is 6.86. The molecule has 0 radical (unpaired) electrons. The molecule has 1 heterocycles. The fourth-order valence-electron chi connectivity index (χ4n) is 2.43. The fraction of sp³-hybridized carbons (Fsp3) is 0.529. The van der Waals surface area contributed by atoms with Gasteiger partial charge in [-0.25, -0.2) is 0 Å². The zero-order valence-electron chi connectivity index (χ0n) is 13.9. The Kier molecular flexibility index (Phi) is 6.33. The van der Waals surface area contributed by atoms with Gasteiger partial charge < -0.3 is 9.52 Å². The predicted molar refractivity (Wildman–Crippen MR) is 93.9 cm³/mol. The van der Waals surface area contributed by atoms with E-state index in [9.17, 15) is 0 Å². The minimum Gasteiger partial charge on any atom is -0.419 e. The van der Waals surface area contributed by atoms with Gasteiger partial charge in [0, 0.05) is 29.7 Å². The molecule has 0 fully saturated rings. The van der Waals surface area contributed by atoms with Gasteiger partial charge in [0.05, 0.1) is 6.54 Å². The molecule has 0 atom stereocenters. The number of aromatic nitrogens is 2. The van der Waals surface area contributed by atoms with Crippen molar-refractivity contribution in [3.05, 3.63) is 34.6 Å². The van der Waals surface area contributed by atoms with Crippen molar-refractivity contribution in [2.45, 2.75) is 33.7 Å². The fourth-order valence-corrected chi connectivity index (χ4v) is 2.83. The van der Waals surface area contributed by atoms with Crippen molar-refractivity contribution in [3.8, 4) is 11.5 Å². The lowest BCUT2D eigenvalue weighted by molar-refractivity contribution is 0.155. The Bertz CT molecular complexity index is 622. The predicted octanol–water partition coefficient (Wildman–Crippen LogP) is 3.73. The quantitative estimate of drug-likeness (QED) is 0.791. The number of aliphatic hydroxyl groups is 1. The third kappa shape index (κ3) is 6.05. The van der Waals surface area contributed by atoms with Crippen LogP contribution in [0.25, 0.3) is 11.5 Å². The molecule has 2 aromatic rings. The van der Waals surface area contributed by atoms with Crippen molar-refractivity contribution in [2.24, 2.45) is 5.41 Å². The van der Waals surface area contributed by atoms with Gasteiger partial charge in [-0.05, 0) is 30.0 Å². The van der Waals surface area contributed by atoms with Crippen molar-refractivity contribution in [1.82, 2.24) is 15.1 Å². The average molecular weight is 382 g/mol. The van der Waals surface area contributed by atoms with Crippen LogP contribution in [0, 0.1) is 5.41 Å². The van der Waals surface area contributed by atoms with E-state index in [0.717, 1.165) is 29.5 Å². The number of hydrogen-bond donors (Lipinski definition) is 1. The van der Waals surface area contributed by atoms with E-state index in [2.05, 4.69) is 51.8 Å². The molecule has 0 unspecified atom stereocenters. The van der Waals surface area contributed by atoms with Crippen molar-refractivity contribution in [2.75, 3.05) is 19.7 Å². The first kappa shape index (κ1) is 18.1. The van der Waals surface area contributed by atoms with Crippen LogP contribution in [0.3, 0.4) is 0 Å². The highest BCUT2D eigenvalue weighted by Crippen LogP contribution is 2.23. The van der Waals surface area contributed by atoms with Crippen molar-refractivity contribution < 1.29 is 9.52 Å². The molecule has 6 heteroatoms. The summed E-state index contributed by atoms with van der Waals surface area (Å²) in [7, 11) is 0. The molecule has 0 spiro atoms. The summed E-state index contributed by atoms with van der Waals surface area (Å²) in [5, 5.41) is 17.4. The summed E-state index contributed by atoms with van der Waals surface area (Å²) < 4.78 is 6.78. The maximum absolute atomic E-state index is 9.08. The van der Waals surface area contributed by atoms with Crippen LogP contribution in [0.4, 0.5) is 0 Å². The summed E-state index contributed by atoms with van der Waals surface area (Å²) in [4.78, 5) is 2.24. The molecular weight excluding hydrogens is 358 g/mol. The first-order valence-corrected chi connectivity index (χ1v) is 8.58. The molecule has 0 amide bonds. The van der Waals surface area contributed by atoms with Crippen LogP contribution in [0.1, 0.15) is 33.1 Å². The third-order valence-electron chi connectivity index (χ3n) is 3.23. The summed E-state index contributed by atoms with van der Waals surface area (Å²) in [5.74, 6) is 1.13. The largest absolute Gasteiger partial charge is 0.419 e. The van der Waals surface area contributed by atoms with E-state index in [4.69, 9.17) is 9.52 Å². The van der Waals surface area contributed by atoms with Crippen LogP contribution >= 0.6 is 15.9 Å². The van der Waals surface area contributed by atoms with E-state index in [1.54, 1.807) is 0 Å². The number of hydrogen-bond acceptors (Lipinski definition) is 5. The van der Waals surface area contributed by atoms with Gasteiger partial charge >= 0.3 is 0 Å². The SMILES string of the molecule is CC(C)(C)CN(CCCO)Cc1nnc(-c2cccc(Br)c2)o1. The maximum Gasteiger partial charge on any atom is 0.247 e. The molecule has 0 saturated heterocycles. The van der Waals surface area contributed by atoms with Gasteiger partial charge in [-0.1, -0.05) is 42.8 Å². The van der Waals surface area contributed by atoms with Crippen LogP contribution in [0.2, 0.25) is 0 Å². The van der Waals surface area contributed by atoms with Gasteiger partial charge in [0.25, 0.3) is 0 Å². The molecule has 2 rings (SSSR count). The molecular formula is C17H24BrN3O2. The highest BCUT2D eigenvalue weighted by atomic mass is 79.9. The molecule has 1 aromatic carbocycles. The van der Waals surface area contributed by atoms with Crippen LogP contribution < -0.4 is 0 Å². The van der Waals surface area contributed by atoms with Crippen molar-refractivity contribution in [3.63, 3.8) is 0 Å². The molecule has 23 heavy (non-hydrogen) atoms. The van der Waals surface area contributed by atoms with Gasteiger partial charge in [-0.15, -0.1) is 10.2 Å². The summed E-state index contributed by atoms with van der Waals surface area (Å²) in [5.41, 5.74) is 1.07. The van der Waals surface area contributed by atoms with E-state index >= 15 is 0 Å². The van der Waals surface area contributed by atoms with Gasteiger partial charge in [0.2, 0.25) is 11.8 Å². The number of halogens is 1. The van der Waals surface area contributed by atoms with Crippen LogP contribution in [0.5, 0.6) is 0 Å². The van der Waals surface area contributed by atoms with Crippen LogP contribution in [0.15, 0.2) is 33.2 Å². The summed E-state index contributed by atoms with van der Waals surface area (Å²) >= 11 is 3.45. The lowest BCUT2D eigenvalue weighted by Crippen LogP contribution is -2.33. The average Bonchev–Trinajstić information content (AvgIpc) is 2.92. The Morgan fingerprint density at radius 2 is 2.04 bits per heavy atom. The lowest BCUT2D eigenvalue weighted by atomic mass is 9.96. The molecule has 5 nitrogen and oxygen atoms in total. The zero-order chi connectivity index (χ0) is 16.9. The summed E-state index contributed by atoms with van der Waals surface area (Å²) in [6, 6.07) is 7.80. The van der Waals surface area contributed by atoms with Crippen LogP contribution in [-0.4, -0.2) is 39.9 Å². The Hall–Kier alpha value is -1.24. The number of rotatable bonds is 7. The normalized spacial score (nSPS) is 12.1. The molecule has 1 N–H and O–H groups in total. The molecule has 0 aliphatic carbocycles. The second-order valence-corrected chi connectivity index (χ2v) is 7.78. The van der Waals surface area contributed by atoms with Gasteiger partial charge in [0.15, 0.2) is 0 Å². The Morgan fingerprint density at radius 1 is 1.26 bits per heavy atom. The Labute approximate surface area is 145 Å². The van der Waals surface area contributed by atoms with E-state index < -0.39 is 0 Å². The van der Waals surface area contributed by atoms with Crippen LogP contribution in [-0.2, 0) is 6.54 Å². The Morgan fingerprint density at radius 3 is 2.70 bits per heavy atom. The van der Waals surface area contributed by atoms with Gasteiger partial charge in [0.1, 0.15) is 0 Å². The molecule has 0 bridgehead atoms. The minimum absolute atomic E-state index is 0.169. The van der Waals surface area contributed by atoms with E-state index in [0.29, 0.717) is 18.3 Å². The highest BCUT2D eigenvalue weighted by molar-refractivity contribution is 9.10. The smallest absolute Gasteiger partial charge is 0.247 e. The van der Waals surface area contributed by atoms with E-state index in [1.807, 2.05) is 24.3 Å². The number of nitrogens with zero attached hydrogens (tertiary/aromatic N) is 3. The maximum atomic E-state index is 9.08. The Balaban J connectivity index is 2.08. The summed E-state index contributed by atoms with van der Waals surface area (Å²) in [6.07, 6.45) is 0.739. The molecule has 126 valence electrons. The molecule has 0 aliphatic heterocycles. The minimum atomic E-state index is 0.169. The number of aliphatic hydroxyl groups excluding tert-OH is 1.